The number of rotatable bonds is 4. The van der Waals surface area contributed by atoms with Crippen LogP contribution in [-0.4, -0.2) is 49.4 Å². The SMILES string of the molecule is CN(c1cnc(-c2ccc(-c3cn[nH]c3C(F)(F)F)cc2O)cn1)C1CC(C)(C)NC(C)(C)C1. The number of aromatic amines is 1. The quantitative estimate of drug-likeness (QED) is 0.493. The van der Waals surface area contributed by atoms with Gasteiger partial charge in [-0.25, -0.2) is 4.98 Å². The van der Waals surface area contributed by atoms with E-state index in [1.807, 2.05) is 12.1 Å². The van der Waals surface area contributed by atoms with Crippen LogP contribution in [0.3, 0.4) is 0 Å². The normalized spacial score (nSPS) is 18.1. The highest BCUT2D eigenvalue weighted by Gasteiger charge is 2.39. The fraction of sp³-hybridized carbons (Fsp3) is 0.458. The number of anilines is 1. The molecule has 7 nitrogen and oxygen atoms in total. The van der Waals surface area contributed by atoms with Crippen molar-refractivity contribution < 1.29 is 18.3 Å². The average Bonchev–Trinajstić information content (AvgIpc) is 3.22. The van der Waals surface area contributed by atoms with Gasteiger partial charge in [0.2, 0.25) is 0 Å². The predicted molar refractivity (Wildman–Crippen MR) is 124 cm³/mol. The fourth-order valence-electron chi connectivity index (χ4n) is 5.01. The van der Waals surface area contributed by atoms with Gasteiger partial charge in [-0.2, -0.15) is 18.3 Å². The van der Waals surface area contributed by atoms with Crippen molar-refractivity contribution in [3.8, 4) is 28.1 Å². The number of nitrogens with zero attached hydrogens (tertiary/aromatic N) is 4. The highest BCUT2D eigenvalue weighted by molar-refractivity contribution is 5.75. The molecule has 1 aromatic carbocycles. The number of nitrogens with one attached hydrogen (secondary N) is 2. The minimum Gasteiger partial charge on any atom is -0.507 e. The molecule has 0 unspecified atom stereocenters. The standard InChI is InChI=1S/C24H29F3N6O/c1-22(2)9-15(10-23(3,4)32-22)33(5)20-13-28-18(12-29-20)16-7-6-14(8-19(16)34)17-11-30-31-21(17)24(25,26)27/h6-8,11-13,15,32,34H,9-10H2,1-5H3,(H,30,31). The van der Waals surface area contributed by atoms with Crippen LogP contribution in [0.25, 0.3) is 22.4 Å². The summed E-state index contributed by atoms with van der Waals surface area (Å²) in [5.74, 6) is 0.524. The third-order valence-corrected chi connectivity index (χ3v) is 6.22. The van der Waals surface area contributed by atoms with E-state index in [2.05, 4.69) is 53.0 Å². The molecule has 182 valence electrons. The number of alkyl halides is 3. The van der Waals surface area contributed by atoms with E-state index in [4.69, 9.17) is 0 Å². The molecule has 0 aliphatic carbocycles. The summed E-state index contributed by atoms with van der Waals surface area (Å²) in [5, 5.41) is 19.7. The van der Waals surface area contributed by atoms with Crippen molar-refractivity contribution in [3.63, 3.8) is 0 Å². The average molecular weight is 475 g/mol. The number of phenolic OH excluding ortho intramolecular Hbond substituents is 1. The Morgan fingerprint density at radius 2 is 1.68 bits per heavy atom. The van der Waals surface area contributed by atoms with Crippen LogP contribution in [0.1, 0.15) is 46.2 Å². The first kappa shape index (κ1) is 24.0. The largest absolute Gasteiger partial charge is 0.507 e. The van der Waals surface area contributed by atoms with Gasteiger partial charge in [-0.1, -0.05) is 6.07 Å². The summed E-state index contributed by atoms with van der Waals surface area (Å²) >= 11 is 0. The number of aromatic hydroxyl groups is 1. The number of hydrogen-bond donors (Lipinski definition) is 3. The lowest BCUT2D eigenvalue weighted by Gasteiger charge is -2.49. The third-order valence-electron chi connectivity index (χ3n) is 6.22. The summed E-state index contributed by atoms with van der Waals surface area (Å²) in [7, 11) is 2.00. The molecule has 0 saturated carbocycles. The molecule has 1 aliphatic rings. The van der Waals surface area contributed by atoms with E-state index in [-0.39, 0.29) is 34.0 Å². The summed E-state index contributed by atoms with van der Waals surface area (Å²) in [4.78, 5) is 11.1. The number of H-pyrrole nitrogens is 1. The van der Waals surface area contributed by atoms with Gasteiger partial charge in [0.15, 0.2) is 0 Å². The van der Waals surface area contributed by atoms with Gasteiger partial charge in [0.1, 0.15) is 17.3 Å². The minimum absolute atomic E-state index is 0.0114. The molecule has 1 aliphatic heterocycles. The van der Waals surface area contributed by atoms with Gasteiger partial charge in [-0.15, -0.1) is 0 Å². The lowest BCUT2D eigenvalue weighted by molar-refractivity contribution is -0.140. The number of piperidine rings is 1. The fourth-order valence-corrected chi connectivity index (χ4v) is 5.01. The molecule has 0 bridgehead atoms. The number of halogens is 3. The summed E-state index contributed by atoms with van der Waals surface area (Å²) in [6, 6.07) is 4.58. The van der Waals surface area contributed by atoms with E-state index in [1.165, 1.54) is 18.2 Å². The number of phenols is 1. The molecule has 34 heavy (non-hydrogen) atoms. The number of aromatic nitrogens is 4. The maximum atomic E-state index is 13.2. The minimum atomic E-state index is -4.58. The zero-order valence-corrected chi connectivity index (χ0v) is 19.8. The Morgan fingerprint density at radius 1 is 1.00 bits per heavy atom. The van der Waals surface area contributed by atoms with Crippen molar-refractivity contribution in [2.24, 2.45) is 0 Å². The van der Waals surface area contributed by atoms with E-state index in [1.54, 1.807) is 12.4 Å². The number of benzene rings is 1. The van der Waals surface area contributed by atoms with Crippen LogP contribution in [0.4, 0.5) is 19.0 Å². The lowest BCUT2D eigenvalue weighted by atomic mass is 9.79. The van der Waals surface area contributed by atoms with Crippen molar-refractivity contribution in [2.45, 2.75) is 63.8 Å². The Bertz CT molecular complexity index is 1150. The Balaban J connectivity index is 1.56. The zero-order valence-electron chi connectivity index (χ0n) is 19.8. The van der Waals surface area contributed by atoms with Gasteiger partial charge in [0, 0.05) is 35.3 Å². The molecule has 2 aromatic heterocycles. The van der Waals surface area contributed by atoms with Crippen molar-refractivity contribution in [2.75, 3.05) is 11.9 Å². The van der Waals surface area contributed by atoms with Crippen LogP contribution in [0.5, 0.6) is 5.75 Å². The van der Waals surface area contributed by atoms with Crippen LogP contribution in [0.2, 0.25) is 0 Å². The first-order valence-electron chi connectivity index (χ1n) is 11.0. The second-order valence-corrected chi connectivity index (χ2v) is 10.2. The first-order valence-corrected chi connectivity index (χ1v) is 11.0. The van der Waals surface area contributed by atoms with E-state index >= 15 is 0 Å². The monoisotopic (exact) mass is 474 g/mol. The molecule has 0 spiro atoms. The van der Waals surface area contributed by atoms with Crippen molar-refractivity contribution in [3.05, 3.63) is 42.5 Å². The lowest BCUT2D eigenvalue weighted by Crippen LogP contribution is -2.62. The predicted octanol–water partition coefficient (Wildman–Crippen LogP) is 5.00. The maximum Gasteiger partial charge on any atom is 0.433 e. The highest BCUT2D eigenvalue weighted by atomic mass is 19.4. The van der Waals surface area contributed by atoms with Gasteiger partial charge in [0.25, 0.3) is 0 Å². The molecule has 0 atom stereocenters. The van der Waals surface area contributed by atoms with Gasteiger partial charge in [0.05, 0.1) is 24.3 Å². The topological polar surface area (TPSA) is 90.0 Å². The van der Waals surface area contributed by atoms with Crippen molar-refractivity contribution >= 4 is 5.82 Å². The molecule has 1 fully saturated rings. The molecule has 4 rings (SSSR count). The van der Waals surface area contributed by atoms with Crippen molar-refractivity contribution in [1.29, 1.82) is 0 Å². The molecular weight excluding hydrogens is 445 g/mol. The van der Waals surface area contributed by atoms with Crippen LogP contribution >= 0.6 is 0 Å². The summed E-state index contributed by atoms with van der Waals surface area (Å²) in [6.07, 6.45) is 1.63. The molecular formula is C24H29F3N6O. The van der Waals surface area contributed by atoms with E-state index < -0.39 is 11.9 Å². The smallest absolute Gasteiger partial charge is 0.433 e. The second-order valence-electron chi connectivity index (χ2n) is 10.2. The van der Waals surface area contributed by atoms with Gasteiger partial charge in [-0.05, 0) is 58.2 Å². The first-order chi connectivity index (χ1) is 15.8. The molecule has 3 heterocycles. The number of hydrogen-bond acceptors (Lipinski definition) is 6. The summed E-state index contributed by atoms with van der Waals surface area (Å²) in [5.41, 5.74) is -0.114. The van der Waals surface area contributed by atoms with Crippen molar-refractivity contribution in [1.82, 2.24) is 25.5 Å². The highest BCUT2D eigenvalue weighted by Crippen LogP contribution is 2.38. The molecule has 3 N–H and O–H groups in total. The Morgan fingerprint density at radius 3 is 2.24 bits per heavy atom. The van der Waals surface area contributed by atoms with E-state index in [9.17, 15) is 18.3 Å². The molecule has 0 radical (unpaired) electrons. The van der Waals surface area contributed by atoms with Crippen LogP contribution < -0.4 is 10.2 Å². The van der Waals surface area contributed by atoms with Gasteiger partial charge in [-0.3, -0.25) is 10.1 Å². The summed E-state index contributed by atoms with van der Waals surface area (Å²) < 4.78 is 39.5. The van der Waals surface area contributed by atoms with E-state index in [0.717, 1.165) is 19.0 Å². The second kappa shape index (κ2) is 8.26. The zero-order chi connectivity index (χ0) is 24.9. The van der Waals surface area contributed by atoms with E-state index in [0.29, 0.717) is 17.1 Å². The molecule has 10 heteroatoms. The molecule has 1 saturated heterocycles. The van der Waals surface area contributed by atoms with Gasteiger partial charge < -0.3 is 15.3 Å². The van der Waals surface area contributed by atoms with Crippen LogP contribution in [0, 0.1) is 0 Å². The Kier molecular flexibility index (Phi) is 5.83. The van der Waals surface area contributed by atoms with Gasteiger partial charge >= 0.3 is 6.18 Å². The maximum absolute atomic E-state index is 13.2. The van der Waals surface area contributed by atoms with Crippen LogP contribution in [0.15, 0.2) is 36.8 Å². The summed E-state index contributed by atoms with van der Waals surface area (Å²) in [6.45, 7) is 8.77. The van der Waals surface area contributed by atoms with Crippen LogP contribution in [-0.2, 0) is 6.18 Å². The molecule has 3 aromatic rings. The Hall–Kier alpha value is -3.14. The molecule has 0 amide bonds. The Labute approximate surface area is 196 Å². The third kappa shape index (κ3) is 4.86.